The molecular weight excluding hydrogens is 759 g/mol. The van der Waals surface area contributed by atoms with Gasteiger partial charge in [0, 0.05) is 5.56 Å². The van der Waals surface area contributed by atoms with E-state index in [1.165, 1.54) is 57.8 Å². The highest BCUT2D eigenvalue weighted by molar-refractivity contribution is 6.02. The molecule has 1 aromatic carbocycles. The van der Waals surface area contributed by atoms with E-state index in [-0.39, 0.29) is 5.92 Å². The summed E-state index contributed by atoms with van der Waals surface area (Å²) >= 11 is 0. The summed E-state index contributed by atoms with van der Waals surface area (Å²) in [6, 6.07) is 2.81. The van der Waals surface area contributed by atoms with Gasteiger partial charge in [-0.25, -0.2) is 0 Å². The summed E-state index contributed by atoms with van der Waals surface area (Å²) in [4.78, 5) is 12.2. The van der Waals surface area contributed by atoms with Gasteiger partial charge in [0.25, 0.3) is 0 Å². The molecule has 0 N–H and O–H groups in total. The van der Waals surface area contributed by atoms with Gasteiger partial charge in [0.05, 0.1) is 0 Å². The normalized spacial score (nSPS) is 23.3. The third-order valence-corrected chi connectivity index (χ3v) is 10.9. The number of rotatable bonds is 17. The van der Waals surface area contributed by atoms with Gasteiger partial charge in [-0.3, -0.25) is 4.79 Å². The molecule has 1 aromatic rings. The lowest BCUT2D eigenvalue weighted by Crippen LogP contribution is -2.75. The monoisotopic (exact) mass is 800 g/mol. The molecule has 1 nitrogen and oxygen atoms in total. The molecule has 0 saturated heterocycles. The Labute approximate surface area is 295 Å². The second-order valence-electron chi connectivity index (χ2n) is 14.5. The molecule has 0 spiro atoms. The van der Waals surface area contributed by atoms with Crippen LogP contribution in [0.5, 0.6) is 0 Å². The molecule has 0 bridgehead atoms. The average molecular weight is 801 g/mol. The molecule has 0 radical (unpaired) electrons. The van der Waals surface area contributed by atoms with Crippen LogP contribution < -0.4 is 0 Å². The van der Waals surface area contributed by atoms with Crippen LogP contribution in [0.1, 0.15) is 125 Å². The van der Waals surface area contributed by atoms with Gasteiger partial charge in [-0.15, -0.1) is 0 Å². The first-order valence-corrected chi connectivity index (χ1v) is 17.5. The molecule has 2 saturated carbocycles. The number of hydrogen-bond acceptors (Lipinski definition) is 1. The first kappa shape index (κ1) is 45.1. The molecule has 0 heterocycles. The van der Waals surface area contributed by atoms with Crippen LogP contribution in [0, 0.1) is 17.8 Å². The molecule has 2 fully saturated rings. The number of carbonyl (C=O) groups is 1. The highest BCUT2D eigenvalue weighted by atomic mass is 19.4. The maximum absolute atomic E-state index is 14.5. The van der Waals surface area contributed by atoms with Gasteiger partial charge in [0.1, 0.15) is 0 Å². The second-order valence-corrected chi connectivity index (χ2v) is 14.5. The van der Waals surface area contributed by atoms with E-state index in [1.807, 2.05) is 0 Å². The Balaban J connectivity index is 1.63. The molecule has 2 aliphatic carbocycles. The van der Waals surface area contributed by atoms with Gasteiger partial charge in [0.15, 0.2) is 0 Å². The van der Waals surface area contributed by atoms with E-state index in [2.05, 4.69) is 6.92 Å². The van der Waals surface area contributed by atoms with Crippen LogP contribution in [0.15, 0.2) is 24.3 Å². The fourth-order valence-electron chi connectivity index (χ4n) is 7.32. The molecule has 0 amide bonds. The Kier molecular flexibility index (Phi) is 13.7. The molecule has 3 rings (SSSR count). The summed E-state index contributed by atoms with van der Waals surface area (Å²) in [7, 11) is 0. The fraction of sp³-hybridized carbons (Fsp3) is 0.800. The van der Waals surface area contributed by atoms with Crippen molar-refractivity contribution in [1.29, 1.82) is 0 Å². The number of Topliss-reactive ketones (excluding diaryl/α,β-unsaturated/α-hetero) is 1. The Hall–Kier alpha value is -2.30. The quantitative estimate of drug-likeness (QED) is 0.0871. The van der Waals surface area contributed by atoms with Gasteiger partial charge in [-0.05, 0) is 54.9 Å². The van der Waals surface area contributed by atoms with E-state index in [0.29, 0.717) is 42.4 Å². The molecule has 2 aliphatic rings. The van der Waals surface area contributed by atoms with Crippen LogP contribution in [0.25, 0.3) is 0 Å². The third kappa shape index (κ3) is 8.45. The largest absolute Gasteiger partial charge is 0.460 e. The summed E-state index contributed by atoms with van der Waals surface area (Å²) in [6.45, 7) is 2.17. The van der Waals surface area contributed by atoms with E-state index in [0.717, 1.165) is 43.7 Å². The van der Waals surface area contributed by atoms with Crippen molar-refractivity contribution in [2.75, 3.05) is 0 Å². The predicted octanol–water partition coefficient (Wildman–Crippen LogP) is 13.7. The number of benzene rings is 1. The smallest absolute Gasteiger partial charge is 0.287 e. The fourth-order valence-corrected chi connectivity index (χ4v) is 7.32. The van der Waals surface area contributed by atoms with Gasteiger partial charge < -0.3 is 0 Å². The van der Waals surface area contributed by atoms with E-state index in [9.17, 15) is 79.4 Å². The summed E-state index contributed by atoms with van der Waals surface area (Å²) in [6.07, 6.45) is 8.09. The molecule has 18 heteroatoms. The number of alkyl halides is 17. The van der Waals surface area contributed by atoms with Crippen molar-refractivity contribution in [3.63, 3.8) is 0 Å². The SMILES string of the molecule is CCCCCCC1CCC(CCC2CCC(c3ccc(C(=O)C(F)(F)C(F)(F)C(F)(F)C(F)(F)C(F)(F)C(F)(F)C(F)(F)C(F)(F)F)cc3)CC2)CC1. The molecule has 53 heavy (non-hydrogen) atoms. The zero-order valence-corrected chi connectivity index (χ0v) is 28.6. The Morgan fingerprint density at radius 1 is 0.491 bits per heavy atom. The van der Waals surface area contributed by atoms with Gasteiger partial charge in [0.2, 0.25) is 5.78 Å². The van der Waals surface area contributed by atoms with E-state index >= 15 is 0 Å². The average Bonchev–Trinajstić information content (AvgIpc) is 3.08. The molecular formula is C35H41F17O. The predicted molar refractivity (Wildman–Crippen MR) is 160 cm³/mol. The molecule has 0 aliphatic heterocycles. The molecule has 0 unspecified atom stereocenters. The summed E-state index contributed by atoms with van der Waals surface area (Å²) in [5, 5.41) is 0. The Bertz CT molecular complexity index is 1340. The first-order chi connectivity index (χ1) is 24.1. The lowest BCUT2D eigenvalue weighted by molar-refractivity contribution is -0.459. The minimum absolute atomic E-state index is 0.206. The van der Waals surface area contributed by atoms with Crippen LogP contribution in [0.4, 0.5) is 74.6 Å². The Morgan fingerprint density at radius 3 is 1.28 bits per heavy atom. The number of halogens is 17. The number of carbonyl (C=O) groups excluding carboxylic acids is 1. The summed E-state index contributed by atoms with van der Waals surface area (Å²) in [5.74, 6) is -59.7. The van der Waals surface area contributed by atoms with Gasteiger partial charge >= 0.3 is 47.6 Å². The number of hydrogen-bond donors (Lipinski definition) is 0. The second kappa shape index (κ2) is 16.0. The molecule has 0 aromatic heterocycles. The van der Waals surface area contributed by atoms with Crippen LogP contribution in [0.3, 0.4) is 0 Å². The van der Waals surface area contributed by atoms with Crippen molar-refractivity contribution < 1.29 is 79.4 Å². The van der Waals surface area contributed by atoms with Crippen molar-refractivity contribution >= 4 is 5.78 Å². The van der Waals surface area contributed by atoms with Crippen molar-refractivity contribution in [2.45, 2.75) is 157 Å². The highest BCUT2D eigenvalue weighted by Crippen LogP contribution is 2.64. The summed E-state index contributed by atoms with van der Waals surface area (Å²) < 4.78 is 231. The maximum Gasteiger partial charge on any atom is 0.460 e. The number of unbranched alkanes of at least 4 members (excludes halogenated alkanes) is 3. The van der Waals surface area contributed by atoms with Crippen LogP contribution >= 0.6 is 0 Å². The van der Waals surface area contributed by atoms with Gasteiger partial charge in [-0.2, -0.15) is 74.6 Å². The minimum atomic E-state index is -8.74. The number of ketones is 1. The molecule has 306 valence electrons. The lowest BCUT2D eigenvalue weighted by Gasteiger charge is -2.42. The summed E-state index contributed by atoms with van der Waals surface area (Å²) in [5.41, 5.74) is -1.14. The van der Waals surface area contributed by atoms with Crippen molar-refractivity contribution in [2.24, 2.45) is 17.8 Å². The maximum atomic E-state index is 14.5. The van der Waals surface area contributed by atoms with Crippen LogP contribution in [0.2, 0.25) is 0 Å². The van der Waals surface area contributed by atoms with Crippen molar-refractivity contribution in [3.8, 4) is 0 Å². The zero-order valence-electron chi connectivity index (χ0n) is 28.6. The van der Waals surface area contributed by atoms with Gasteiger partial charge in [-0.1, -0.05) is 102 Å². The van der Waals surface area contributed by atoms with Crippen LogP contribution in [-0.4, -0.2) is 53.4 Å². The zero-order chi connectivity index (χ0) is 40.5. The van der Waals surface area contributed by atoms with Crippen LogP contribution in [-0.2, 0) is 0 Å². The highest BCUT2D eigenvalue weighted by Gasteiger charge is 2.95. The van der Waals surface area contributed by atoms with E-state index < -0.39 is 59.0 Å². The first-order valence-electron chi connectivity index (χ1n) is 17.5. The Morgan fingerprint density at radius 2 is 0.868 bits per heavy atom. The van der Waals surface area contributed by atoms with E-state index in [1.54, 1.807) is 0 Å². The third-order valence-electron chi connectivity index (χ3n) is 10.9. The van der Waals surface area contributed by atoms with Crippen molar-refractivity contribution in [1.82, 2.24) is 0 Å². The van der Waals surface area contributed by atoms with E-state index in [4.69, 9.17) is 0 Å². The topological polar surface area (TPSA) is 17.1 Å². The minimum Gasteiger partial charge on any atom is -0.287 e. The van der Waals surface area contributed by atoms with Crippen molar-refractivity contribution in [3.05, 3.63) is 35.4 Å². The molecule has 0 atom stereocenters. The standard InChI is InChI=1S/C35H41F17O/c1-2-3-4-5-6-21-7-9-22(10-8-21)11-12-23-13-15-24(16-14-23)25-17-19-26(20-18-25)27(53)28(36,37)29(38,39)30(40,41)31(42,43)32(44,45)33(46,47)34(48,49)35(50,51)52/h17-24H,2-16H2,1H3. The lowest BCUT2D eigenvalue weighted by atomic mass is 9.74.